The summed E-state index contributed by atoms with van der Waals surface area (Å²) in [6.45, 7) is 5.03. The molecule has 2 aromatic heterocycles. The lowest BCUT2D eigenvalue weighted by atomic mass is 10.1. The zero-order valence-corrected chi connectivity index (χ0v) is 13.0. The maximum atomic E-state index is 13.8. The normalized spacial score (nSPS) is 12.9. The molecule has 0 bridgehead atoms. The molecule has 0 aliphatic carbocycles. The monoisotopic (exact) mass is 303 g/mol. The van der Waals surface area contributed by atoms with Gasteiger partial charge in [-0.15, -0.1) is 11.3 Å². The van der Waals surface area contributed by atoms with E-state index in [1.165, 1.54) is 15.8 Å². The van der Waals surface area contributed by atoms with Crippen LogP contribution in [0.4, 0.5) is 4.39 Å². The number of halogens is 1. The van der Waals surface area contributed by atoms with Gasteiger partial charge in [0.1, 0.15) is 11.8 Å². The summed E-state index contributed by atoms with van der Waals surface area (Å²) < 4.78 is 19.6. The number of furan rings is 1. The van der Waals surface area contributed by atoms with E-state index >= 15 is 0 Å². The predicted octanol–water partition coefficient (Wildman–Crippen LogP) is 4.89. The SMILES string of the molecule is CCNC(c1cc2cccc(F)c2o1)c1ccc(CC)s1. The fraction of sp³-hybridized carbons (Fsp3) is 0.294. The van der Waals surface area contributed by atoms with Crippen LogP contribution in [-0.2, 0) is 6.42 Å². The van der Waals surface area contributed by atoms with Crippen LogP contribution in [0.15, 0.2) is 40.8 Å². The summed E-state index contributed by atoms with van der Waals surface area (Å²) in [5.74, 6) is 0.455. The molecule has 0 fully saturated rings. The number of aryl methyl sites for hydroxylation is 1. The van der Waals surface area contributed by atoms with E-state index in [4.69, 9.17) is 4.42 Å². The first kappa shape index (κ1) is 14.3. The van der Waals surface area contributed by atoms with Crippen molar-refractivity contribution >= 4 is 22.3 Å². The quantitative estimate of drug-likeness (QED) is 0.725. The number of nitrogens with one attached hydrogen (secondary N) is 1. The molecular formula is C17H18FNOS. The number of para-hydroxylation sites is 1. The van der Waals surface area contributed by atoms with Gasteiger partial charge in [0.05, 0.1) is 0 Å². The summed E-state index contributed by atoms with van der Waals surface area (Å²) in [5.41, 5.74) is 0.336. The van der Waals surface area contributed by atoms with Crippen molar-refractivity contribution in [2.45, 2.75) is 26.3 Å². The van der Waals surface area contributed by atoms with Crippen LogP contribution in [0.5, 0.6) is 0 Å². The molecule has 1 N–H and O–H groups in total. The van der Waals surface area contributed by atoms with Gasteiger partial charge in [0.15, 0.2) is 11.4 Å². The van der Waals surface area contributed by atoms with Gasteiger partial charge in [0, 0.05) is 15.1 Å². The van der Waals surface area contributed by atoms with Crippen LogP contribution < -0.4 is 5.32 Å². The largest absolute Gasteiger partial charge is 0.456 e. The average molecular weight is 303 g/mol. The summed E-state index contributed by atoms with van der Waals surface area (Å²) in [7, 11) is 0. The average Bonchev–Trinajstić information content (AvgIpc) is 3.12. The second-order valence-corrected chi connectivity index (χ2v) is 6.16. The zero-order chi connectivity index (χ0) is 14.8. The molecule has 2 heterocycles. The van der Waals surface area contributed by atoms with Crippen molar-refractivity contribution < 1.29 is 8.81 Å². The molecule has 110 valence electrons. The Labute approximate surface area is 127 Å². The first-order valence-corrected chi connectivity index (χ1v) is 8.04. The Morgan fingerprint density at radius 1 is 1.24 bits per heavy atom. The van der Waals surface area contributed by atoms with Crippen LogP contribution in [0.25, 0.3) is 11.0 Å². The van der Waals surface area contributed by atoms with E-state index < -0.39 is 0 Å². The number of fused-ring (bicyclic) bond motifs is 1. The topological polar surface area (TPSA) is 25.2 Å². The first-order chi connectivity index (χ1) is 10.2. The summed E-state index contributed by atoms with van der Waals surface area (Å²) in [4.78, 5) is 2.54. The zero-order valence-electron chi connectivity index (χ0n) is 12.2. The van der Waals surface area contributed by atoms with Crippen LogP contribution >= 0.6 is 11.3 Å². The molecule has 0 amide bonds. The Morgan fingerprint density at radius 3 is 2.76 bits per heavy atom. The van der Waals surface area contributed by atoms with Gasteiger partial charge < -0.3 is 9.73 Å². The molecule has 0 radical (unpaired) electrons. The highest BCUT2D eigenvalue weighted by Crippen LogP contribution is 2.33. The predicted molar refractivity (Wildman–Crippen MR) is 85.4 cm³/mol. The molecule has 1 aromatic carbocycles. The van der Waals surface area contributed by atoms with Gasteiger partial charge in [-0.3, -0.25) is 0 Å². The highest BCUT2D eigenvalue weighted by atomic mass is 32.1. The van der Waals surface area contributed by atoms with E-state index in [0.717, 1.165) is 24.1 Å². The number of hydrogen-bond acceptors (Lipinski definition) is 3. The molecule has 1 atom stereocenters. The van der Waals surface area contributed by atoms with Crippen molar-refractivity contribution in [1.82, 2.24) is 5.32 Å². The van der Waals surface area contributed by atoms with Crippen molar-refractivity contribution in [2.24, 2.45) is 0 Å². The minimum Gasteiger partial charge on any atom is -0.456 e. The summed E-state index contributed by atoms with van der Waals surface area (Å²) >= 11 is 1.77. The van der Waals surface area contributed by atoms with Crippen LogP contribution in [0.1, 0.15) is 35.4 Å². The Bertz CT molecular complexity index is 746. The van der Waals surface area contributed by atoms with E-state index in [0.29, 0.717) is 5.58 Å². The molecule has 0 aliphatic heterocycles. The summed E-state index contributed by atoms with van der Waals surface area (Å²) in [6.07, 6.45) is 1.03. The van der Waals surface area contributed by atoms with Gasteiger partial charge in [-0.2, -0.15) is 0 Å². The Morgan fingerprint density at radius 2 is 2.10 bits per heavy atom. The lowest BCUT2D eigenvalue weighted by molar-refractivity contribution is 0.468. The lowest BCUT2D eigenvalue weighted by Crippen LogP contribution is -2.20. The van der Waals surface area contributed by atoms with Gasteiger partial charge in [-0.25, -0.2) is 4.39 Å². The van der Waals surface area contributed by atoms with Crippen molar-refractivity contribution in [3.63, 3.8) is 0 Å². The van der Waals surface area contributed by atoms with Crippen LogP contribution in [0, 0.1) is 5.82 Å². The van der Waals surface area contributed by atoms with Crippen LogP contribution in [0.3, 0.4) is 0 Å². The summed E-state index contributed by atoms with van der Waals surface area (Å²) in [6, 6.07) is 11.2. The van der Waals surface area contributed by atoms with Crippen molar-refractivity contribution in [1.29, 1.82) is 0 Å². The van der Waals surface area contributed by atoms with Gasteiger partial charge >= 0.3 is 0 Å². The highest BCUT2D eigenvalue weighted by molar-refractivity contribution is 7.12. The van der Waals surface area contributed by atoms with E-state index in [9.17, 15) is 4.39 Å². The van der Waals surface area contributed by atoms with Gasteiger partial charge in [0.2, 0.25) is 0 Å². The van der Waals surface area contributed by atoms with Crippen molar-refractivity contribution in [2.75, 3.05) is 6.54 Å². The van der Waals surface area contributed by atoms with E-state index in [2.05, 4.69) is 31.3 Å². The third-order valence-corrected chi connectivity index (χ3v) is 4.82. The number of hydrogen-bond donors (Lipinski definition) is 1. The molecule has 0 saturated carbocycles. The molecule has 2 nitrogen and oxygen atoms in total. The lowest BCUT2D eigenvalue weighted by Gasteiger charge is -2.13. The minimum absolute atomic E-state index is 0.0212. The molecule has 0 saturated heterocycles. The fourth-order valence-corrected chi connectivity index (χ4v) is 3.51. The molecule has 21 heavy (non-hydrogen) atoms. The maximum absolute atomic E-state index is 13.8. The van der Waals surface area contributed by atoms with Crippen LogP contribution in [-0.4, -0.2) is 6.54 Å². The third-order valence-electron chi connectivity index (χ3n) is 3.52. The second kappa shape index (κ2) is 6.00. The Kier molecular flexibility index (Phi) is 4.08. The van der Waals surface area contributed by atoms with E-state index in [1.54, 1.807) is 17.4 Å². The van der Waals surface area contributed by atoms with Crippen LogP contribution in [0.2, 0.25) is 0 Å². The van der Waals surface area contributed by atoms with Gasteiger partial charge in [0.25, 0.3) is 0 Å². The Hall–Kier alpha value is -1.65. The highest BCUT2D eigenvalue weighted by Gasteiger charge is 2.20. The van der Waals surface area contributed by atoms with Gasteiger partial charge in [-0.05, 0) is 37.2 Å². The molecule has 3 aromatic rings. The second-order valence-electron chi connectivity index (χ2n) is 4.96. The smallest absolute Gasteiger partial charge is 0.169 e. The third kappa shape index (κ3) is 2.74. The Balaban J connectivity index is 2.04. The molecule has 0 spiro atoms. The van der Waals surface area contributed by atoms with Crippen molar-refractivity contribution in [3.05, 3.63) is 57.7 Å². The fourth-order valence-electron chi connectivity index (χ4n) is 2.47. The minimum atomic E-state index is -0.311. The number of benzene rings is 1. The molecule has 1 unspecified atom stereocenters. The van der Waals surface area contributed by atoms with E-state index in [1.807, 2.05) is 12.1 Å². The van der Waals surface area contributed by atoms with Gasteiger partial charge in [-0.1, -0.05) is 26.0 Å². The van der Waals surface area contributed by atoms with Crippen molar-refractivity contribution in [3.8, 4) is 0 Å². The maximum Gasteiger partial charge on any atom is 0.169 e. The van der Waals surface area contributed by atoms with E-state index in [-0.39, 0.29) is 11.9 Å². The summed E-state index contributed by atoms with van der Waals surface area (Å²) in [5, 5.41) is 4.23. The molecule has 4 heteroatoms. The standard InChI is InChI=1S/C17H18FNOS/c1-3-12-8-9-15(21-12)16(19-4-2)14-10-11-6-5-7-13(18)17(11)20-14/h5-10,16,19H,3-4H2,1-2H3. The first-order valence-electron chi connectivity index (χ1n) is 7.22. The molecular weight excluding hydrogens is 285 g/mol. The molecule has 0 aliphatic rings. The number of rotatable bonds is 5. The molecule has 3 rings (SSSR count). The number of thiophene rings is 1.